The van der Waals surface area contributed by atoms with E-state index >= 15 is 0 Å². The Morgan fingerprint density at radius 3 is 2.50 bits per heavy atom. The number of amides is 2. The van der Waals surface area contributed by atoms with Gasteiger partial charge in [-0.05, 0) is 43.0 Å². The third kappa shape index (κ3) is 4.35. The van der Waals surface area contributed by atoms with Crippen LogP contribution in [0.4, 0.5) is 10.5 Å². The summed E-state index contributed by atoms with van der Waals surface area (Å²) < 4.78 is 11.1. The molecule has 3 rings (SSSR count). The van der Waals surface area contributed by atoms with Gasteiger partial charge in [0.05, 0.1) is 18.9 Å². The highest BCUT2D eigenvalue weighted by Crippen LogP contribution is 2.31. The second-order valence-electron chi connectivity index (χ2n) is 6.35. The highest BCUT2D eigenvalue weighted by atomic mass is 16.5. The first-order valence-corrected chi connectivity index (χ1v) is 9.12. The van der Waals surface area contributed by atoms with Gasteiger partial charge in [0.2, 0.25) is 0 Å². The Hall–Kier alpha value is -2.53. The van der Waals surface area contributed by atoms with Crippen molar-refractivity contribution in [2.24, 2.45) is 0 Å². The molecule has 1 heterocycles. The third-order valence-electron chi connectivity index (χ3n) is 4.68. The van der Waals surface area contributed by atoms with Gasteiger partial charge in [0, 0.05) is 19.7 Å². The molecule has 2 aromatic rings. The third-order valence-corrected chi connectivity index (χ3v) is 4.68. The van der Waals surface area contributed by atoms with Crippen LogP contribution in [0.2, 0.25) is 0 Å². The number of carbonyl (C=O) groups excluding carboxylic acids is 1. The molecule has 2 amide bonds. The van der Waals surface area contributed by atoms with Crippen LogP contribution in [0, 0.1) is 0 Å². The molecule has 0 unspecified atom stereocenters. The maximum absolute atomic E-state index is 12.7. The summed E-state index contributed by atoms with van der Waals surface area (Å²) in [6, 6.07) is 15.8. The van der Waals surface area contributed by atoms with Crippen LogP contribution < -0.4 is 10.1 Å². The number of urea groups is 1. The van der Waals surface area contributed by atoms with Crippen molar-refractivity contribution in [1.29, 1.82) is 0 Å². The Bertz CT molecular complexity index is 725. The minimum Gasteiger partial charge on any atom is -0.495 e. The number of hydrogen-bond acceptors (Lipinski definition) is 3. The van der Waals surface area contributed by atoms with Gasteiger partial charge >= 0.3 is 6.03 Å². The molecule has 1 saturated heterocycles. The molecule has 138 valence electrons. The van der Waals surface area contributed by atoms with E-state index in [1.807, 2.05) is 60.4 Å². The molecule has 0 aliphatic carbocycles. The van der Waals surface area contributed by atoms with E-state index in [2.05, 4.69) is 5.32 Å². The maximum atomic E-state index is 12.7. The monoisotopic (exact) mass is 354 g/mol. The summed E-state index contributed by atoms with van der Waals surface area (Å²) in [4.78, 5) is 14.5. The second kappa shape index (κ2) is 8.72. The molecule has 0 radical (unpaired) electrons. The standard InChI is InChI=1S/C21H26N2O3/c1-3-26-18-11-13-23(14-12-18)21(24)22-19-15-17(9-10-20(19)25-2)16-7-5-4-6-8-16/h4-10,15,18H,3,11-14H2,1-2H3,(H,22,24). The molecule has 26 heavy (non-hydrogen) atoms. The van der Waals surface area contributed by atoms with E-state index in [-0.39, 0.29) is 12.1 Å². The van der Waals surface area contributed by atoms with E-state index in [0.717, 1.165) is 30.6 Å². The maximum Gasteiger partial charge on any atom is 0.321 e. The summed E-state index contributed by atoms with van der Waals surface area (Å²) in [6.45, 7) is 4.14. The van der Waals surface area contributed by atoms with E-state index in [9.17, 15) is 4.79 Å². The van der Waals surface area contributed by atoms with Gasteiger partial charge in [-0.15, -0.1) is 0 Å². The lowest BCUT2D eigenvalue weighted by Crippen LogP contribution is -2.43. The number of rotatable bonds is 5. The number of methoxy groups -OCH3 is 1. The Balaban J connectivity index is 1.71. The van der Waals surface area contributed by atoms with Crippen molar-refractivity contribution in [3.63, 3.8) is 0 Å². The zero-order chi connectivity index (χ0) is 18.4. The van der Waals surface area contributed by atoms with Gasteiger partial charge < -0.3 is 19.7 Å². The Morgan fingerprint density at radius 2 is 1.85 bits per heavy atom. The van der Waals surface area contributed by atoms with Gasteiger partial charge in [-0.1, -0.05) is 36.4 Å². The summed E-state index contributed by atoms with van der Waals surface area (Å²) in [5.74, 6) is 0.655. The fourth-order valence-corrected chi connectivity index (χ4v) is 3.27. The number of hydrogen-bond donors (Lipinski definition) is 1. The zero-order valence-electron chi connectivity index (χ0n) is 15.4. The van der Waals surface area contributed by atoms with Crippen molar-refractivity contribution in [2.45, 2.75) is 25.9 Å². The summed E-state index contributed by atoms with van der Waals surface area (Å²) in [6.07, 6.45) is 2.02. The van der Waals surface area contributed by atoms with Crippen LogP contribution in [0.15, 0.2) is 48.5 Å². The van der Waals surface area contributed by atoms with Gasteiger partial charge in [0.15, 0.2) is 0 Å². The fourth-order valence-electron chi connectivity index (χ4n) is 3.27. The first-order chi connectivity index (χ1) is 12.7. The number of carbonyl (C=O) groups is 1. The summed E-state index contributed by atoms with van der Waals surface area (Å²) in [5.41, 5.74) is 2.82. The van der Waals surface area contributed by atoms with Crippen LogP contribution in [0.3, 0.4) is 0 Å². The summed E-state index contributed by atoms with van der Waals surface area (Å²) in [5, 5.41) is 3.01. The number of piperidine rings is 1. The molecule has 1 fully saturated rings. The van der Waals surface area contributed by atoms with Crippen molar-refractivity contribution in [2.75, 3.05) is 32.1 Å². The van der Waals surface area contributed by atoms with E-state index in [0.29, 0.717) is 24.5 Å². The Kier molecular flexibility index (Phi) is 6.12. The number of ether oxygens (including phenoxy) is 2. The lowest BCUT2D eigenvalue weighted by molar-refractivity contribution is 0.0232. The fraction of sp³-hybridized carbons (Fsp3) is 0.381. The topological polar surface area (TPSA) is 50.8 Å². The predicted octanol–water partition coefficient (Wildman–Crippen LogP) is 4.40. The normalized spacial score (nSPS) is 14.9. The smallest absolute Gasteiger partial charge is 0.321 e. The molecule has 5 nitrogen and oxygen atoms in total. The number of anilines is 1. The molecule has 0 spiro atoms. The van der Waals surface area contributed by atoms with Crippen molar-refractivity contribution >= 4 is 11.7 Å². The van der Waals surface area contributed by atoms with E-state index in [4.69, 9.17) is 9.47 Å². The molecule has 0 bridgehead atoms. The van der Waals surface area contributed by atoms with Crippen LogP contribution in [0.5, 0.6) is 5.75 Å². The van der Waals surface area contributed by atoms with Crippen LogP contribution in [-0.4, -0.2) is 43.8 Å². The minimum atomic E-state index is -0.0940. The van der Waals surface area contributed by atoms with Gasteiger partial charge in [0.1, 0.15) is 5.75 Å². The Morgan fingerprint density at radius 1 is 1.12 bits per heavy atom. The molecule has 1 aliphatic heterocycles. The second-order valence-corrected chi connectivity index (χ2v) is 6.35. The number of nitrogens with zero attached hydrogens (tertiary/aromatic N) is 1. The molecule has 0 atom stereocenters. The van der Waals surface area contributed by atoms with Gasteiger partial charge in [0.25, 0.3) is 0 Å². The minimum absolute atomic E-state index is 0.0940. The lowest BCUT2D eigenvalue weighted by atomic mass is 10.0. The average Bonchev–Trinajstić information content (AvgIpc) is 2.69. The number of likely N-dealkylation sites (tertiary alicyclic amines) is 1. The number of nitrogens with one attached hydrogen (secondary N) is 1. The highest BCUT2D eigenvalue weighted by Gasteiger charge is 2.23. The lowest BCUT2D eigenvalue weighted by Gasteiger charge is -2.31. The van der Waals surface area contributed by atoms with Crippen molar-refractivity contribution in [3.05, 3.63) is 48.5 Å². The largest absolute Gasteiger partial charge is 0.495 e. The predicted molar refractivity (Wildman–Crippen MR) is 104 cm³/mol. The van der Waals surface area contributed by atoms with Crippen LogP contribution in [0.25, 0.3) is 11.1 Å². The van der Waals surface area contributed by atoms with Crippen LogP contribution >= 0.6 is 0 Å². The number of benzene rings is 2. The average molecular weight is 354 g/mol. The van der Waals surface area contributed by atoms with E-state index in [1.165, 1.54) is 0 Å². The van der Waals surface area contributed by atoms with Crippen LogP contribution in [-0.2, 0) is 4.74 Å². The molecule has 1 N–H and O–H groups in total. The SMILES string of the molecule is CCOC1CCN(C(=O)Nc2cc(-c3ccccc3)ccc2OC)CC1. The van der Waals surface area contributed by atoms with Crippen molar-refractivity contribution < 1.29 is 14.3 Å². The molecular weight excluding hydrogens is 328 g/mol. The molecule has 1 aliphatic rings. The summed E-state index contributed by atoms with van der Waals surface area (Å²) in [7, 11) is 1.61. The molecular formula is C21H26N2O3. The molecule has 2 aromatic carbocycles. The van der Waals surface area contributed by atoms with Crippen molar-refractivity contribution in [3.8, 4) is 16.9 Å². The van der Waals surface area contributed by atoms with E-state index < -0.39 is 0 Å². The first-order valence-electron chi connectivity index (χ1n) is 9.12. The Labute approximate surface area is 154 Å². The van der Waals surface area contributed by atoms with E-state index in [1.54, 1.807) is 7.11 Å². The van der Waals surface area contributed by atoms with Gasteiger partial charge in [-0.25, -0.2) is 4.79 Å². The van der Waals surface area contributed by atoms with Crippen LogP contribution in [0.1, 0.15) is 19.8 Å². The molecule has 0 saturated carbocycles. The van der Waals surface area contributed by atoms with Gasteiger partial charge in [-0.3, -0.25) is 0 Å². The van der Waals surface area contributed by atoms with Crippen molar-refractivity contribution in [1.82, 2.24) is 4.90 Å². The zero-order valence-corrected chi connectivity index (χ0v) is 15.4. The highest BCUT2D eigenvalue weighted by molar-refractivity contribution is 5.92. The first kappa shape index (κ1) is 18.3. The molecule has 0 aromatic heterocycles. The summed E-state index contributed by atoms with van der Waals surface area (Å²) >= 11 is 0. The molecule has 5 heteroatoms. The van der Waals surface area contributed by atoms with Gasteiger partial charge in [-0.2, -0.15) is 0 Å². The quantitative estimate of drug-likeness (QED) is 0.866.